The smallest absolute Gasteiger partial charge is 0.744 e. The van der Waals surface area contributed by atoms with Gasteiger partial charge in [0.1, 0.15) is 21.6 Å². The second-order valence-electron chi connectivity index (χ2n) is 22.2. The van der Waals surface area contributed by atoms with Crippen LogP contribution in [-0.2, 0) is 44.0 Å². The molecule has 0 bridgehead atoms. The number of hydrogen-bond acceptors (Lipinski definition) is 18. The summed E-state index contributed by atoms with van der Waals surface area (Å²) in [5, 5.41) is 14.1. The number of ether oxygens (including phenoxy) is 4. The van der Waals surface area contributed by atoms with Crippen LogP contribution in [0.3, 0.4) is 0 Å². The summed E-state index contributed by atoms with van der Waals surface area (Å²) >= 11 is 6.61. The van der Waals surface area contributed by atoms with Gasteiger partial charge in [0.05, 0.1) is 86.8 Å². The number of sulfonamides is 1. The van der Waals surface area contributed by atoms with Crippen LogP contribution in [0.4, 0.5) is 39.8 Å². The van der Waals surface area contributed by atoms with Crippen molar-refractivity contribution in [2.75, 3.05) is 71.1 Å². The SMILES string of the molecule is CCCCCCCCCCCCOC(=O)c1ccc(NC(=O)C(Oc2cccc(NC(=O)c3cc(N=Nc4ccc(N5CCOCC5)c(S(=O)(=O)[O-])c4)c4c(NS(C)(=O)=O)cccc4c3OCN3C(=O)C(=O)c4ccccc43)c2)C(=O)C(C)(C)C)c(Cl)c1.[Na+]. The van der Waals surface area contributed by atoms with Crippen molar-refractivity contribution in [2.24, 2.45) is 15.6 Å². The molecule has 6 aromatic rings. The Labute approximate surface area is 544 Å². The van der Waals surface area contributed by atoms with Gasteiger partial charge in [0.2, 0.25) is 16.1 Å². The summed E-state index contributed by atoms with van der Waals surface area (Å²) in [6.45, 7) is 7.79. The van der Waals surface area contributed by atoms with Crippen LogP contribution in [0, 0.1) is 5.41 Å². The number of azo groups is 1. The van der Waals surface area contributed by atoms with Crippen molar-refractivity contribution in [2.45, 2.75) is 103 Å². The summed E-state index contributed by atoms with van der Waals surface area (Å²) < 4.78 is 89.7. The van der Waals surface area contributed by atoms with E-state index in [0.717, 1.165) is 42.9 Å². The number of carbonyl (C=O) groups excluding carboxylic acids is 6. The van der Waals surface area contributed by atoms with Gasteiger partial charge in [0, 0.05) is 41.0 Å². The van der Waals surface area contributed by atoms with Crippen LogP contribution in [0.25, 0.3) is 10.8 Å². The van der Waals surface area contributed by atoms with Gasteiger partial charge >= 0.3 is 41.4 Å². The molecule has 26 heteroatoms. The van der Waals surface area contributed by atoms with Crippen LogP contribution >= 0.6 is 11.6 Å². The Balaban J connectivity index is 0.0000113. The number of unbranched alkanes of at least 4 members (excludes halogenated alkanes) is 9. The molecule has 22 nitrogen and oxygen atoms in total. The van der Waals surface area contributed by atoms with E-state index in [0.29, 0.717) is 13.1 Å². The molecule has 1 saturated heterocycles. The summed E-state index contributed by atoms with van der Waals surface area (Å²) in [4.78, 5) is 84.8. The molecule has 6 aromatic carbocycles. The first-order valence-electron chi connectivity index (χ1n) is 28.8. The summed E-state index contributed by atoms with van der Waals surface area (Å²) in [5.74, 6) is -5.06. The number of rotatable bonds is 28. The number of Topliss-reactive ketones (excluding diaryl/α,β-unsaturated/α-hetero) is 2. The Morgan fingerprint density at radius 1 is 0.764 bits per heavy atom. The molecule has 3 amide bonds. The number of morpholine rings is 1. The van der Waals surface area contributed by atoms with Gasteiger partial charge < -0.3 is 39.0 Å². The average Bonchev–Trinajstić information content (AvgIpc) is 1.51. The molecule has 0 aliphatic carbocycles. The predicted octanol–water partition coefficient (Wildman–Crippen LogP) is 8.92. The molecule has 1 unspecified atom stereocenters. The quantitative estimate of drug-likeness (QED) is 0.00785. The minimum absolute atomic E-state index is 0. The van der Waals surface area contributed by atoms with Crippen LogP contribution in [0.1, 0.15) is 123 Å². The minimum Gasteiger partial charge on any atom is -0.744 e. The van der Waals surface area contributed by atoms with E-state index < -0.39 is 78.5 Å². The first-order valence-corrected chi connectivity index (χ1v) is 32.5. The molecular formula is C63H69ClN7NaO15S2. The van der Waals surface area contributed by atoms with Crippen molar-refractivity contribution in [1.82, 2.24) is 0 Å². The van der Waals surface area contributed by atoms with E-state index in [1.165, 1.54) is 130 Å². The van der Waals surface area contributed by atoms with Gasteiger partial charge in [-0.2, -0.15) is 5.11 Å². The second kappa shape index (κ2) is 31.0. The van der Waals surface area contributed by atoms with Crippen molar-refractivity contribution in [3.05, 3.63) is 131 Å². The van der Waals surface area contributed by atoms with E-state index in [2.05, 4.69) is 32.5 Å². The first-order chi connectivity index (χ1) is 41.9. The molecule has 466 valence electrons. The summed E-state index contributed by atoms with van der Waals surface area (Å²) in [5.41, 5.74) is -1.06. The molecule has 0 saturated carbocycles. The number of amides is 3. The molecule has 1 atom stereocenters. The number of nitrogens with one attached hydrogen (secondary N) is 3. The predicted molar refractivity (Wildman–Crippen MR) is 333 cm³/mol. The van der Waals surface area contributed by atoms with Crippen LogP contribution in [0.2, 0.25) is 5.02 Å². The second-order valence-corrected chi connectivity index (χ2v) is 25.7. The molecule has 89 heavy (non-hydrogen) atoms. The zero-order valence-corrected chi connectivity index (χ0v) is 54.8. The van der Waals surface area contributed by atoms with Crippen LogP contribution in [-0.4, -0.2) is 109 Å². The zero-order valence-electron chi connectivity index (χ0n) is 50.4. The van der Waals surface area contributed by atoms with Crippen molar-refractivity contribution in [3.63, 3.8) is 0 Å². The number of hydrogen-bond donors (Lipinski definition) is 3. The monoisotopic (exact) mass is 1290 g/mol. The molecule has 2 aliphatic rings. The number of nitrogens with zero attached hydrogens (tertiary/aromatic N) is 4. The molecule has 2 aliphatic heterocycles. The zero-order chi connectivity index (χ0) is 63.3. The fraction of sp³-hybridized carbons (Fsp3) is 0.365. The van der Waals surface area contributed by atoms with E-state index in [1.807, 2.05) is 0 Å². The van der Waals surface area contributed by atoms with Gasteiger partial charge in [-0.15, -0.1) is 5.11 Å². The van der Waals surface area contributed by atoms with E-state index >= 15 is 0 Å². The van der Waals surface area contributed by atoms with E-state index in [-0.39, 0.29) is 133 Å². The third kappa shape index (κ3) is 18.2. The van der Waals surface area contributed by atoms with E-state index in [4.69, 9.17) is 30.5 Å². The Morgan fingerprint density at radius 2 is 1.45 bits per heavy atom. The Bertz CT molecular complexity index is 3890. The fourth-order valence-corrected chi connectivity index (χ4v) is 11.5. The Kier molecular flexibility index (Phi) is 24.1. The van der Waals surface area contributed by atoms with Gasteiger partial charge in [-0.3, -0.25) is 33.6 Å². The number of esters is 1. The Morgan fingerprint density at radius 3 is 2.12 bits per heavy atom. The topological polar surface area (TPSA) is 298 Å². The Hall–Kier alpha value is -7.29. The number of para-hydroxylation sites is 1. The third-order valence-corrected chi connectivity index (χ3v) is 16.2. The molecule has 0 aromatic heterocycles. The van der Waals surface area contributed by atoms with Crippen LogP contribution in [0.5, 0.6) is 11.5 Å². The fourth-order valence-electron chi connectivity index (χ4n) is 9.95. The maximum Gasteiger partial charge on any atom is 1.00 e. The molecule has 3 N–H and O–H groups in total. The maximum atomic E-state index is 15.0. The van der Waals surface area contributed by atoms with E-state index in [9.17, 15) is 50.2 Å². The van der Waals surface area contributed by atoms with Crippen molar-refractivity contribution < 1.29 is 98.7 Å². The van der Waals surface area contributed by atoms with Crippen molar-refractivity contribution in [3.8, 4) is 11.5 Å². The molecular weight excluding hydrogens is 1220 g/mol. The number of carbonyl (C=O) groups is 6. The molecule has 0 spiro atoms. The number of anilines is 5. The summed E-state index contributed by atoms with van der Waals surface area (Å²) in [6, 6.07) is 25.5. The maximum absolute atomic E-state index is 15.0. The number of fused-ring (bicyclic) bond motifs is 2. The normalized spacial score (nSPS) is 13.8. The number of ketones is 2. The van der Waals surface area contributed by atoms with Crippen molar-refractivity contribution >= 4 is 118 Å². The van der Waals surface area contributed by atoms with Gasteiger partial charge in [-0.1, -0.05) is 127 Å². The number of halogens is 1. The standard InChI is InChI=1S/C63H70ClN7O15S2.Na/c1-6-7-8-9-10-11-12-13-14-17-32-84-62(77)40-26-28-48(47(64)35-40)66-60(75)57(58(73)63(2,3)4)86-43-21-18-20-41(36-43)65-59(74)46-38-50(68-67-42-27-29-52(53(37-42)88(80,81)82)70-30-33-83-34-31-70)54-45(23-19-24-49(54)69-87(5,78)79)56(46)85-39-71-51-25-16-15-22-44(51)55(72)61(71)76;/h15-16,18-29,35-38,57,69H,6-14,17,30-34,39H2,1-5H3,(H,65,74)(H,66,75)(H,80,81,82);/q;+1/p-1. The molecule has 8 rings (SSSR count). The molecule has 0 radical (unpaired) electrons. The molecule has 1 fully saturated rings. The van der Waals surface area contributed by atoms with E-state index in [1.54, 1.807) is 37.8 Å². The summed E-state index contributed by atoms with van der Waals surface area (Å²) in [7, 11) is -9.12. The van der Waals surface area contributed by atoms with Gasteiger partial charge in [-0.25, -0.2) is 21.6 Å². The van der Waals surface area contributed by atoms with Gasteiger partial charge in [0.25, 0.3) is 17.6 Å². The van der Waals surface area contributed by atoms with Crippen LogP contribution < -0.4 is 64.2 Å². The van der Waals surface area contributed by atoms with Gasteiger partial charge in [-0.05, 0) is 79.2 Å². The summed E-state index contributed by atoms with van der Waals surface area (Å²) in [6.07, 6.45) is 10.4. The largest absolute Gasteiger partial charge is 1.00 e. The minimum atomic E-state index is -5.09. The third-order valence-electron chi connectivity index (χ3n) is 14.4. The number of benzene rings is 6. The average molecular weight is 1290 g/mol. The molecule has 2 heterocycles. The first kappa shape index (κ1) is 69.2. The van der Waals surface area contributed by atoms with Gasteiger partial charge in [0.15, 0.2) is 12.5 Å². The van der Waals surface area contributed by atoms with Crippen LogP contribution in [0.15, 0.2) is 124 Å². The van der Waals surface area contributed by atoms with Crippen molar-refractivity contribution in [1.29, 1.82) is 0 Å².